The summed E-state index contributed by atoms with van der Waals surface area (Å²) < 4.78 is 14.2. The molecule has 1 atom stereocenters. The number of rotatable bonds is 1. The van der Waals surface area contributed by atoms with Crippen molar-refractivity contribution in [3.63, 3.8) is 0 Å². The van der Waals surface area contributed by atoms with Gasteiger partial charge in [0.15, 0.2) is 0 Å². The third-order valence-electron chi connectivity index (χ3n) is 2.17. The summed E-state index contributed by atoms with van der Waals surface area (Å²) >= 11 is 2.06. The Kier molecular flexibility index (Phi) is 3.71. The summed E-state index contributed by atoms with van der Waals surface area (Å²) in [7, 11) is 0. The molecule has 0 N–H and O–H groups in total. The Labute approximate surface area is 92.7 Å². The van der Waals surface area contributed by atoms with Gasteiger partial charge in [-0.05, 0) is 40.2 Å². The predicted octanol–water partition coefficient (Wildman–Crippen LogP) is 4.39. The lowest BCUT2D eigenvalue weighted by Crippen LogP contribution is -1.89. The summed E-state index contributed by atoms with van der Waals surface area (Å²) in [5.41, 5.74) is 1.20. The molecule has 2 heteroatoms. The molecule has 0 bridgehead atoms. The van der Waals surface area contributed by atoms with Crippen LogP contribution in [0.5, 0.6) is 0 Å². The molecule has 0 amide bonds. The summed E-state index contributed by atoms with van der Waals surface area (Å²) in [4.78, 5) is 0. The average Bonchev–Trinajstić information content (AvgIpc) is 2.19. The molecule has 0 radical (unpaired) electrons. The van der Waals surface area contributed by atoms with Crippen LogP contribution < -0.4 is 0 Å². The summed E-state index contributed by atoms with van der Waals surface area (Å²) in [5.74, 6) is 0.353. The highest BCUT2D eigenvalue weighted by Crippen LogP contribution is 2.30. The van der Waals surface area contributed by atoms with Crippen LogP contribution in [0.1, 0.15) is 20.8 Å². The highest BCUT2D eigenvalue weighted by atomic mass is 127. The Balaban J connectivity index is 3.05. The fourth-order valence-corrected chi connectivity index (χ4v) is 2.03. The minimum Gasteiger partial charge on any atom is -0.210 e. The number of halogens is 2. The number of hydrogen-bond acceptors (Lipinski definition) is 0. The van der Waals surface area contributed by atoms with Crippen molar-refractivity contribution in [3.8, 4) is 0 Å². The highest BCUT2D eigenvalue weighted by molar-refractivity contribution is 14.1. The maximum atomic E-state index is 13.4. The Bertz CT molecular complexity index is 284. The molecule has 1 rings (SSSR count). The molecule has 0 aromatic rings. The van der Waals surface area contributed by atoms with Crippen LogP contribution in [0.3, 0.4) is 0 Å². The zero-order chi connectivity index (χ0) is 10.0. The van der Waals surface area contributed by atoms with E-state index in [1.807, 2.05) is 25.2 Å². The van der Waals surface area contributed by atoms with E-state index in [0.29, 0.717) is 5.92 Å². The van der Waals surface area contributed by atoms with E-state index < -0.39 is 0 Å². The molecule has 0 aliphatic heterocycles. The van der Waals surface area contributed by atoms with Gasteiger partial charge < -0.3 is 0 Å². The van der Waals surface area contributed by atoms with Crippen molar-refractivity contribution in [2.45, 2.75) is 20.8 Å². The lowest BCUT2D eigenvalue weighted by atomic mass is 10.0. The summed E-state index contributed by atoms with van der Waals surface area (Å²) in [5, 5.41) is 0. The van der Waals surface area contributed by atoms with Crippen LogP contribution in [-0.4, -0.2) is 0 Å². The smallest absolute Gasteiger partial charge is 0.120 e. The third-order valence-corrected chi connectivity index (χ3v) is 2.99. The molecule has 72 valence electrons. The van der Waals surface area contributed by atoms with Crippen LogP contribution in [0.2, 0.25) is 0 Å². The highest BCUT2D eigenvalue weighted by Gasteiger charge is 2.13. The third kappa shape index (κ3) is 2.66. The quantitative estimate of drug-likeness (QED) is 0.629. The minimum absolute atomic E-state index is 0.0208. The molecule has 0 nitrogen and oxygen atoms in total. The molecule has 0 spiro atoms. The molecular weight excluding hydrogens is 278 g/mol. The van der Waals surface area contributed by atoms with Crippen molar-refractivity contribution in [3.05, 3.63) is 33.2 Å². The molecule has 0 aromatic carbocycles. The van der Waals surface area contributed by atoms with E-state index in [1.54, 1.807) is 0 Å². The standard InChI is InChI=1S/C11H14FI/c1-7(2)9-5-4-8(3)11(12)10(13)6-9/h4-8H,1-3H3/t8-/m0/s1. The van der Waals surface area contributed by atoms with E-state index in [2.05, 4.69) is 36.4 Å². The maximum Gasteiger partial charge on any atom is 0.120 e. The van der Waals surface area contributed by atoms with Crippen LogP contribution in [0, 0.1) is 11.8 Å². The summed E-state index contributed by atoms with van der Waals surface area (Å²) in [6.45, 7) is 6.11. The zero-order valence-electron chi connectivity index (χ0n) is 8.14. The lowest BCUT2D eigenvalue weighted by molar-refractivity contribution is 0.548. The summed E-state index contributed by atoms with van der Waals surface area (Å²) in [6.07, 6.45) is 5.88. The van der Waals surface area contributed by atoms with Gasteiger partial charge in [-0.3, -0.25) is 0 Å². The molecule has 1 aliphatic rings. The fraction of sp³-hybridized carbons (Fsp3) is 0.455. The first-order chi connectivity index (χ1) is 6.02. The largest absolute Gasteiger partial charge is 0.210 e. The second-order valence-electron chi connectivity index (χ2n) is 3.64. The predicted molar refractivity (Wildman–Crippen MR) is 63.4 cm³/mol. The van der Waals surface area contributed by atoms with Gasteiger partial charge in [-0.1, -0.05) is 32.9 Å². The Morgan fingerprint density at radius 3 is 2.62 bits per heavy atom. The van der Waals surface area contributed by atoms with Crippen molar-refractivity contribution >= 4 is 22.6 Å². The van der Waals surface area contributed by atoms with Crippen molar-refractivity contribution < 1.29 is 4.39 Å². The van der Waals surface area contributed by atoms with Gasteiger partial charge in [-0.25, -0.2) is 4.39 Å². The fourth-order valence-electron chi connectivity index (χ4n) is 1.18. The van der Waals surface area contributed by atoms with Gasteiger partial charge in [0.1, 0.15) is 5.83 Å². The van der Waals surface area contributed by atoms with Crippen LogP contribution >= 0.6 is 22.6 Å². The SMILES string of the molecule is CC(C)C1=CC(I)=C(F)[C@@H](C)C=C1. The molecule has 0 saturated heterocycles. The Morgan fingerprint density at radius 2 is 2.08 bits per heavy atom. The van der Waals surface area contributed by atoms with Gasteiger partial charge in [0.05, 0.1) is 0 Å². The normalized spacial score (nSPS) is 23.5. The summed E-state index contributed by atoms with van der Waals surface area (Å²) in [6, 6.07) is 0. The minimum atomic E-state index is -0.0839. The molecule has 0 aromatic heterocycles. The van der Waals surface area contributed by atoms with Crippen molar-refractivity contribution in [2.75, 3.05) is 0 Å². The van der Waals surface area contributed by atoms with E-state index in [9.17, 15) is 4.39 Å². The second-order valence-corrected chi connectivity index (χ2v) is 4.80. The molecule has 13 heavy (non-hydrogen) atoms. The van der Waals surface area contributed by atoms with Crippen molar-refractivity contribution in [2.24, 2.45) is 11.8 Å². The van der Waals surface area contributed by atoms with Gasteiger partial charge >= 0.3 is 0 Å². The molecule has 1 aliphatic carbocycles. The number of allylic oxidation sites excluding steroid dienone is 6. The Hall–Kier alpha value is -0.120. The maximum absolute atomic E-state index is 13.4. The van der Waals surface area contributed by atoms with Crippen molar-refractivity contribution in [1.29, 1.82) is 0 Å². The molecule has 0 unspecified atom stereocenters. The molecule has 0 saturated carbocycles. The molecule has 0 fully saturated rings. The molecular formula is C11H14FI. The average molecular weight is 292 g/mol. The van der Waals surface area contributed by atoms with Gasteiger partial charge in [0.25, 0.3) is 0 Å². The lowest BCUT2D eigenvalue weighted by Gasteiger charge is -2.04. The van der Waals surface area contributed by atoms with Gasteiger partial charge in [0.2, 0.25) is 0 Å². The van der Waals surface area contributed by atoms with E-state index in [4.69, 9.17) is 0 Å². The number of hydrogen-bond donors (Lipinski definition) is 0. The first-order valence-electron chi connectivity index (χ1n) is 4.47. The van der Waals surface area contributed by atoms with Crippen molar-refractivity contribution in [1.82, 2.24) is 0 Å². The first kappa shape index (κ1) is 11.0. The molecule has 0 heterocycles. The Morgan fingerprint density at radius 1 is 1.46 bits per heavy atom. The zero-order valence-corrected chi connectivity index (χ0v) is 10.3. The van der Waals surface area contributed by atoms with Crippen LogP contribution in [0.4, 0.5) is 4.39 Å². The van der Waals surface area contributed by atoms with E-state index in [-0.39, 0.29) is 11.7 Å². The van der Waals surface area contributed by atoms with Crippen LogP contribution in [-0.2, 0) is 0 Å². The van der Waals surface area contributed by atoms with Gasteiger partial charge in [-0.15, -0.1) is 0 Å². The van der Waals surface area contributed by atoms with Gasteiger partial charge in [0, 0.05) is 9.50 Å². The van der Waals surface area contributed by atoms with E-state index >= 15 is 0 Å². The van der Waals surface area contributed by atoms with Gasteiger partial charge in [-0.2, -0.15) is 0 Å². The monoisotopic (exact) mass is 292 g/mol. The topological polar surface area (TPSA) is 0 Å². The van der Waals surface area contributed by atoms with Crippen LogP contribution in [0.15, 0.2) is 33.2 Å². The second kappa shape index (κ2) is 4.40. The first-order valence-corrected chi connectivity index (χ1v) is 5.55. The van der Waals surface area contributed by atoms with Crippen LogP contribution in [0.25, 0.3) is 0 Å². The van der Waals surface area contributed by atoms with E-state index in [0.717, 1.165) is 3.58 Å². The van der Waals surface area contributed by atoms with E-state index in [1.165, 1.54) is 5.57 Å².